The van der Waals surface area contributed by atoms with Gasteiger partial charge in [-0.25, -0.2) is 9.37 Å². The van der Waals surface area contributed by atoms with Crippen LogP contribution in [0.2, 0.25) is 0 Å². The first kappa shape index (κ1) is 16.6. The monoisotopic (exact) mass is 322 g/mol. The van der Waals surface area contributed by atoms with Crippen LogP contribution in [-0.2, 0) is 0 Å². The highest BCUT2D eigenvalue weighted by molar-refractivity contribution is 7.13. The zero-order valence-electron chi connectivity index (χ0n) is 12.6. The summed E-state index contributed by atoms with van der Waals surface area (Å²) >= 11 is 1.24. The van der Waals surface area contributed by atoms with Crippen LogP contribution in [0.15, 0.2) is 29.6 Å². The Labute approximate surface area is 133 Å². The first-order valence-corrected chi connectivity index (χ1v) is 7.90. The fraction of sp³-hybridized carbons (Fsp3) is 0.375. The second kappa shape index (κ2) is 6.98. The van der Waals surface area contributed by atoms with Crippen LogP contribution in [0.5, 0.6) is 0 Å². The lowest BCUT2D eigenvalue weighted by molar-refractivity contribution is 0.0924. The predicted molar refractivity (Wildman–Crippen MR) is 85.3 cm³/mol. The van der Waals surface area contributed by atoms with E-state index in [4.69, 9.17) is 5.11 Å². The van der Waals surface area contributed by atoms with Crippen LogP contribution >= 0.6 is 11.3 Å². The third-order valence-corrected chi connectivity index (χ3v) is 4.23. The van der Waals surface area contributed by atoms with Gasteiger partial charge in [0.1, 0.15) is 16.5 Å². The number of carbonyl (C=O) groups excluding carboxylic acids is 1. The summed E-state index contributed by atoms with van der Waals surface area (Å²) in [5, 5.41) is 13.9. The van der Waals surface area contributed by atoms with Gasteiger partial charge in [-0.1, -0.05) is 26.0 Å². The van der Waals surface area contributed by atoms with Crippen molar-refractivity contribution in [2.24, 2.45) is 5.41 Å². The minimum Gasteiger partial charge on any atom is -0.396 e. The van der Waals surface area contributed by atoms with Gasteiger partial charge >= 0.3 is 0 Å². The van der Waals surface area contributed by atoms with Crippen molar-refractivity contribution in [3.05, 3.63) is 41.2 Å². The molecule has 0 aliphatic rings. The molecule has 4 nitrogen and oxygen atoms in total. The normalized spacial score (nSPS) is 11.5. The van der Waals surface area contributed by atoms with E-state index in [-0.39, 0.29) is 29.4 Å². The molecule has 0 unspecified atom stereocenters. The van der Waals surface area contributed by atoms with Crippen LogP contribution in [0.3, 0.4) is 0 Å². The quantitative estimate of drug-likeness (QED) is 0.859. The van der Waals surface area contributed by atoms with E-state index in [1.165, 1.54) is 17.4 Å². The van der Waals surface area contributed by atoms with Crippen molar-refractivity contribution in [2.45, 2.75) is 20.3 Å². The number of amides is 1. The van der Waals surface area contributed by atoms with Gasteiger partial charge in [0.2, 0.25) is 0 Å². The fourth-order valence-corrected chi connectivity index (χ4v) is 2.76. The first-order chi connectivity index (χ1) is 10.4. The lowest BCUT2D eigenvalue weighted by atomic mass is 9.90. The molecule has 1 heterocycles. The molecule has 1 aromatic carbocycles. The number of hydrogen-bond acceptors (Lipinski definition) is 4. The smallest absolute Gasteiger partial charge is 0.270 e. The van der Waals surface area contributed by atoms with Crippen molar-refractivity contribution in [2.75, 3.05) is 13.2 Å². The van der Waals surface area contributed by atoms with E-state index >= 15 is 0 Å². The molecule has 0 spiro atoms. The van der Waals surface area contributed by atoms with E-state index in [0.717, 1.165) is 0 Å². The number of aromatic nitrogens is 1. The predicted octanol–water partition coefficient (Wildman–Crippen LogP) is 3.09. The minimum atomic E-state index is -0.354. The molecular formula is C16H19FN2O2S. The molecule has 0 radical (unpaired) electrons. The average Bonchev–Trinajstić information content (AvgIpc) is 2.95. The number of aliphatic hydroxyl groups excluding tert-OH is 1. The standard InChI is InChI=1S/C16H19FN2O2S/c1-16(2,7-8-20)10-18-14(21)13-9-22-15(19-13)11-5-3-4-6-12(11)17/h3-6,9,20H,7-8,10H2,1-2H3,(H,18,21). The summed E-state index contributed by atoms with van der Waals surface area (Å²) < 4.78 is 13.7. The van der Waals surface area contributed by atoms with Gasteiger partial charge in [0.05, 0.1) is 0 Å². The van der Waals surface area contributed by atoms with Gasteiger partial charge in [-0.2, -0.15) is 0 Å². The maximum Gasteiger partial charge on any atom is 0.270 e. The molecule has 0 aliphatic carbocycles. The van der Waals surface area contributed by atoms with Gasteiger partial charge in [-0.05, 0) is 24.0 Å². The third-order valence-electron chi connectivity index (χ3n) is 3.36. The molecule has 0 bridgehead atoms. The lowest BCUT2D eigenvalue weighted by Crippen LogP contribution is -2.34. The van der Waals surface area contributed by atoms with Crippen molar-refractivity contribution in [3.63, 3.8) is 0 Å². The molecule has 22 heavy (non-hydrogen) atoms. The Kier molecular flexibility index (Phi) is 5.26. The third kappa shape index (κ3) is 4.11. The molecule has 1 aromatic heterocycles. The molecule has 2 rings (SSSR count). The van der Waals surface area contributed by atoms with Crippen molar-refractivity contribution in [3.8, 4) is 10.6 Å². The number of hydrogen-bond donors (Lipinski definition) is 2. The molecule has 0 atom stereocenters. The maximum absolute atomic E-state index is 13.7. The summed E-state index contributed by atoms with van der Waals surface area (Å²) in [6.07, 6.45) is 0.602. The molecule has 2 aromatic rings. The topological polar surface area (TPSA) is 62.2 Å². The number of halogens is 1. The van der Waals surface area contributed by atoms with Crippen LogP contribution in [0.4, 0.5) is 4.39 Å². The fourth-order valence-electron chi connectivity index (χ4n) is 1.94. The second-order valence-corrected chi connectivity index (χ2v) is 6.70. The number of carbonyl (C=O) groups is 1. The molecule has 1 amide bonds. The molecule has 6 heteroatoms. The van der Waals surface area contributed by atoms with Crippen LogP contribution < -0.4 is 5.32 Å². The van der Waals surface area contributed by atoms with Crippen molar-refractivity contribution in [1.29, 1.82) is 0 Å². The number of aliphatic hydroxyl groups is 1. The molecule has 0 aliphatic heterocycles. The largest absolute Gasteiger partial charge is 0.396 e. The van der Waals surface area contributed by atoms with E-state index in [1.54, 1.807) is 23.6 Å². The average molecular weight is 322 g/mol. The summed E-state index contributed by atoms with van der Waals surface area (Å²) in [6.45, 7) is 4.46. The number of benzene rings is 1. The number of nitrogens with zero attached hydrogens (tertiary/aromatic N) is 1. The van der Waals surface area contributed by atoms with Gasteiger partial charge in [-0.15, -0.1) is 11.3 Å². The van der Waals surface area contributed by atoms with E-state index < -0.39 is 0 Å². The zero-order chi connectivity index (χ0) is 16.2. The number of thiazole rings is 1. The molecule has 0 fully saturated rings. The van der Waals surface area contributed by atoms with E-state index in [9.17, 15) is 9.18 Å². The van der Waals surface area contributed by atoms with Crippen molar-refractivity contribution < 1.29 is 14.3 Å². The first-order valence-electron chi connectivity index (χ1n) is 7.02. The Hall–Kier alpha value is -1.79. The van der Waals surface area contributed by atoms with E-state index in [2.05, 4.69) is 10.3 Å². The maximum atomic E-state index is 13.7. The molecule has 2 N–H and O–H groups in total. The minimum absolute atomic E-state index is 0.0804. The molecule has 118 valence electrons. The summed E-state index contributed by atoms with van der Waals surface area (Å²) in [6, 6.07) is 6.36. The van der Waals surface area contributed by atoms with Crippen LogP contribution in [-0.4, -0.2) is 29.1 Å². The summed E-state index contributed by atoms with van der Waals surface area (Å²) in [7, 11) is 0. The Morgan fingerprint density at radius 2 is 2.14 bits per heavy atom. The van der Waals surface area contributed by atoms with E-state index in [0.29, 0.717) is 23.5 Å². The van der Waals surface area contributed by atoms with Crippen LogP contribution in [0, 0.1) is 11.2 Å². The molecule has 0 saturated carbocycles. The number of nitrogens with one attached hydrogen (secondary N) is 1. The zero-order valence-corrected chi connectivity index (χ0v) is 13.4. The SMILES string of the molecule is CC(C)(CCO)CNC(=O)c1csc(-c2ccccc2F)n1. The van der Waals surface area contributed by atoms with Crippen molar-refractivity contribution >= 4 is 17.2 Å². The summed E-state index contributed by atoms with van der Waals surface area (Å²) in [5.41, 5.74) is 0.490. The Bertz CT molecular complexity index is 655. The van der Waals surface area contributed by atoms with Crippen molar-refractivity contribution in [1.82, 2.24) is 10.3 Å². The Balaban J connectivity index is 2.05. The van der Waals surface area contributed by atoms with Gasteiger partial charge in [0, 0.05) is 24.1 Å². The van der Waals surface area contributed by atoms with Gasteiger partial charge < -0.3 is 10.4 Å². The van der Waals surface area contributed by atoms with Gasteiger partial charge in [-0.3, -0.25) is 4.79 Å². The molecular weight excluding hydrogens is 303 g/mol. The molecule has 0 saturated heterocycles. The highest BCUT2D eigenvalue weighted by atomic mass is 32.1. The van der Waals surface area contributed by atoms with Crippen LogP contribution in [0.25, 0.3) is 10.6 Å². The Morgan fingerprint density at radius 3 is 2.82 bits per heavy atom. The van der Waals surface area contributed by atoms with Gasteiger partial charge in [0.15, 0.2) is 0 Å². The van der Waals surface area contributed by atoms with Gasteiger partial charge in [0.25, 0.3) is 5.91 Å². The van der Waals surface area contributed by atoms with Crippen LogP contribution in [0.1, 0.15) is 30.8 Å². The number of rotatable bonds is 6. The lowest BCUT2D eigenvalue weighted by Gasteiger charge is -2.23. The second-order valence-electron chi connectivity index (χ2n) is 5.84. The Morgan fingerprint density at radius 1 is 1.41 bits per heavy atom. The summed E-state index contributed by atoms with van der Waals surface area (Å²) in [5.74, 6) is -0.641. The highest BCUT2D eigenvalue weighted by Gasteiger charge is 2.20. The highest BCUT2D eigenvalue weighted by Crippen LogP contribution is 2.26. The van der Waals surface area contributed by atoms with E-state index in [1.807, 2.05) is 13.8 Å². The summed E-state index contributed by atoms with van der Waals surface area (Å²) in [4.78, 5) is 16.3.